The molecule has 3 N–H and O–H groups in total. The average Bonchev–Trinajstić information content (AvgIpc) is 2.19. The number of nitrogens with zero attached hydrogens (tertiary/aromatic N) is 2. The van der Waals surface area contributed by atoms with E-state index in [9.17, 15) is 0 Å². The Morgan fingerprint density at radius 3 is 3.00 bits per heavy atom. The summed E-state index contributed by atoms with van der Waals surface area (Å²) in [5, 5.41) is 3.89. The van der Waals surface area contributed by atoms with Crippen molar-refractivity contribution in [2.45, 2.75) is 0 Å². The van der Waals surface area contributed by atoms with Gasteiger partial charge in [0.15, 0.2) is 0 Å². The first kappa shape index (κ1) is 7.79. The van der Waals surface area contributed by atoms with Crippen molar-refractivity contribution in [3.05, 3.63) is 24.7 Å². The minimum Gasteiger partial charge on any atom is -0.396 e. The molecule has 13 heavy (non-hydrogen) atoms. The molecule has 0 unspecified atom stereocenters. The molecule has 2 aromatic rings. The molecule has 66 valence electrons. The number of nitrogens with one attached hydrogen (secondary N) is 1. The van der Waals surface area contributed by atoms with Crippen LogP contribution < -0.4 is 11.1 Å². The molecule has 0 saturated carbocycles. The lowest BCUT2D eigenvalue weighted by Crippen LogP contribution is -1.97. The second-order valence-corrected chi connectivity index (χ2v) is 2.73. The molecule has 0 aliphatic carbocycles. The number of fused-ring (bicyclic) bond motifs is 1. The lowest BCUT2D eigenvalue weighted by Gasteiger charge is -2.06. The second-order valence-electron chi connectivity index (χ2n) is 2.73. The van der Waals surface area contributed by atoms with Crippen molar-refractivity contribution in [3.63, 3.8) is 0 Å². The summed E-state index contributed by atoms with van der Waals surface area (Å²) in [5.41, 5.74) is 8.35. The zero-order chi connectivity index (χ0) is 9.26. The van der Waals surface area contributed by atoms with Gasteiger partial charge in [-0.3, -0.25) is 0 Å². The smallest absolute Gasteiger partial charge is 0.116 e. The molecule has 1 heterocycles. The first-order valence-electron chi connectivity index (χ1n) is 3.99. The van der Waals surface area contributed by atoms with E-state index >= 15 is 0 Å². The third-order valence-corrected chi connectivity index (χ3v) is 2.00. The zero-order valence-corrected chi connectivity index (χ0v) is 7.28. The van der Waals surface area contributed by atoms with Gasteiger partial charge >= 0.3 is 0 Å². The van der Waals surface area contributed by atoms with E-state index in [0.717, 1.165) is 16.6 Å². The number of nitrogens with two attached hydrogens (primary N) is 1. The fourth-order valence-corrected chi connectivity index (χ4v) is 1.29. The summed E-state index contributed by atoms with van der Waals surface area (Å²) in [4.78, 5) is 8.03. The largest absolute Gasteiger partial charge is 0.396 e. The minimum absolute atomic E-state index is 0.695. The molecule has 0 aliphatic rings. The maximum Gasteiger partial charge on any atom is 0.116 e. The van der Waals surface area contributed by atoms with E-state index in [0.29, 0.717) is 5.69 Å². The van der Waals surface area contributed by atoms with Crippen LogP contribution in [0.15, 0.2) is 24.7 Å². The monoisotopic (exact) mass is 174 g/mol. The average molecular weight is 174 g/mol. The summed E-state index contributed by atoms with van der Waals surface area (Å²) in [5.74, 6) is 0. The Morgan fingerprint density at radius 1 is 1.38 bits per heavy atom. The lowest BCUT2D eigenvalue weighted by atomic mass is 10.2. The van der Waals surface area contributed by atoms with Crippen molar-refractivity contribution >= 4 is 22.3 Å². The van der Waals surface area contributed by atoms with E-state index in [1.165, 1.54) is 6.33 Å². The highest BCUT2D eigenvalue weighted by Gasteiger charge is 2.02. The second kappa shape index (κ2) is 2.90. The van der Waals surface area contributed by atoms with Crippen molar-refractivity contribution in [1.82, 2.24) is 9.97 Å². The molecule has 0 saturated heterocycles. The summed E-state index contributed by atoms with van der Waals surface area (Å²) in [6, 6.07) is 3.82. The van der Waals surface area contributed by atoms with E-state index < -0.39 is 0 Å². The van der Waals surface area contributed by atoms with E-state index in [-0.39, 0.29) is 0 Å². The van der Waals surface area contributed by atoms with Gasteiger partial charge in [-0.15, -0.1) is 0 Å². The van der Waals surface area contributed by atoms with Crippen LogP contribution in [-0.2, 0) is 0 Å². The van der Waals surface area contributed by atoms with Gasteiger partial charge in [0, 0.05) is 18.6 Å². The molecule has 4 nitrogen and oxygen atoms in total. The van der Waals surface area contributed by atoms with Crippen molar-refractivity contribution in [2.24, 2.45) is 0 Å². The molecule has 4 heteroatoms. The summed E-state index contributed by atoms with van der Waals surface area (Å²) in [7, 11) is 1.83. The summed E-state index contributed by atoms with van der Waals surface area (Å²) < 4.78 is 0. The number of anilines is 2. The van der Waals surface area contributed by atoms with E-state index in [2.05, 4.69) is 15.3 Å². The maximum absolute atomic E-state index is 5.89. The van der Waals surface area contributed by atoms with Crippen LogP contribution in [-0.4, -0.2) is 17.0 Å². The Balaban J connectivity index is 2.79. The number of nitrogen functional groups attached to an aromatic ring is 1. The topological polar surface area (TPSA) is 63.8 Å². The fraction of sp³-hybridized carbons (Fsp3) is 0.111. The molecule has 0 bridgehead atoms. The molecule has 0 amide bonds. The number of rotatable bonds is 1. The highest BCUT2D eigenvalue weighted by atomic mass is 14.9. The molecule has 0 fully saturated rings. The van der Waals surface area contributed by atoms with Gasteiger partial charge in [-0.25, -0.2) is 9.97 Å². The Kier molecular flexibility index (Phi) is 1.73. The first-order valence-corrected chi connectivity index (χ1v) is 3.99. The third-order valence-electron chi connectivity index (χ3n) is 2.00. The highest BCUT2D eigenvalue weighted by molar-refractivity contribution is 5.96. The maximum atomic E-state index is 5.89. The fourth-order valence-electron chi connectivity index (χ4n) is 1.29. The zero-order valence-electron chi connectivity index (χ0n) is 7.28. The minimum atomic E-state index is 0.695. The van der Waals surface area contributed by atoms with Crippen LogP contribution in [0.4, 0.5) is 11.4 Å². The molecule has 0 aliphatic heterocycles. The Morgan fingerprint density at radius 2 is 2.23 bits per heavy atom. The Bertz CT molecular complexity index is 439. The number of aromatic nitrogens is 2. The molecule has 0 radical (unpaired) electrons. The predicted octanol–water partition coefficient (Wildman–Crippen LogP) is 1.25. The van der Waals surface area contributed by atoms with Crippen LogP contribution in [0.3, 0.4) is 0 Å². The van der Waals surface area contributed by atoms with Gasteiger partial charge in [-0.05, 0) is 12.1 Å². The van der Waals surface area contributed by atoms with Crippen LogP contribution in [0.25, 0.3) is 10.9 Å². The van der Waals surface area contributed by atoms with Gasteiger partial charge in [-0.2, -0.15) is 0 Å². The number of benzene rings is 1. The van der Waals surface area contributed by atoms with Crippen molar-refractivity contribution in [3.8, 4) is 0 Å². The molecule has 2 rings (SSSR count). The molecule has 1 aromatic carbocycles. The summed E-state index contributed by atoms with van der Waals surface area (Å²) in [6.45, 7) is 0. The van der Waals surface area contributed by atoms with E-state index in [1.54, 1.807) is 6.20 Å². The van der Waals surface area contributed by atoms with Crippen molar-refractivity contribution in [1.29, 1.82) is 0 Å². The third kappa shape index (κ3) is 1.16. The molecule has 0 atom stereocenters. The van der Waals surface area contributed by atoms with Gasteiger partial charge in [0.1, 0.15) is 6.33 Å². The molecule has 0 spiro atoms. The van der Waals surface area contributed by atoms with Crippen LogP contribution >= 0.6 is 0 Å². The van der Waals surface area contributed by atoms with Crippen LogP contribution in [0.1, 0.15) is 0 Å². The van der Waals surface area contributed by atoms with Crippen molar-refractivity contribution in [2.75, 3.05) is 18.1 Å². The number of hydrogen-bond donors (Lipinski definition) is 2. The molecule has 1 aromatic heterocycles. The van der Waals surface area contributed by atoms with Crippen LogP contribution in [0.2, 0.25) is 0 Å². The van der Waals surface area contributed by atoms with Gasteiger partial charge < -0.3 is 11.1 Å². The van der Waals surface area contributed by atoms with E-state index in [4.69, 9.17) is 5.73 Å². The normalized spacial score (nSPS) is 10.2. The van der Waals surface area contributed by atoms with Gasteiger partial charge in [0.2, 0.25) is 0 Å². The van der Waals surface area contributed by atoms with Gasteiger partial charge in [0.05, 0.1) is 16.9 Å². The SMILES string of the molecule is CNc1ccc2ncncc2c1N. The van der Waals surface area contributed by atoms with Crippen molar-refractivity contribution < 1.29 is 0 Å². The standard InChI is InChI=1S/C9H10N4/c1-11-8-3-2-7-6(9(8)10)4-12-5-13-7/h2-5,11H,10H2,1H3. The molecular formula is C9H10N4. The van der Waals surface area contributed by atoms with Crippen LogP contribution in [0, 0.1) is 0 Å². The Hall–Kier alpha value is -1.84. The summed E-state index contributed by atoms with van der Waals surface area (Å²) in [6.07, 6.45) is 3.24. The summed E-state index contributed by atoms with van der Waals surface area (Å²) >= 11 is 0. The quantitative estimate of drug-likeness (QED) is 0.639. The molecular weight excluding hydrogens is 164 g/mol. The van der Waals surface area contributed by atoms with Crippen LogP contribution in [0.5, 0.6) is 0 Å². The van der Waals surface area contributed by atoms with Gasteiger partial charge in [0.25, 0.3) is 0 Å². The van der Waals surface area contributed by atoms with Gasteiger partial charge in [-0.1, -0.05) is 0 Å². The Labute approximate surface area is 75.8 Å². The predicted molar refractivity (Wildman–Crippen MR) is 53.5 cm³/mol. The highest BCUT2D eigenvalue weighted by Crippen LogP contribution is 2.25. The lowest BCUT2D eigenvalue weighted by molar-refractivity contribution is 1.22. The number of hydrogen-bond acceptors (Lipinski definition) is 4. The van der Waals surface area contributed by atoms with E-state index in [1.807, 2.05) is 19.2 Å². The first-order chi connectivity index (χ1) is 6.33.